The van der Waals surface area contributed by atoms with Crippen molar-refractivity contribution in [1.82, 2.24) is 5.16 Å². The van der Waals surface area contributed by atoms with Crippen LogP contribution in [0.15, 0.2) is 26.9 Å². The van der Waals surface area contributed by atoms with Gasteiger partial charge < -0.3 is 29.2 Å². The van der Waals surface area contributed by atoms with Gasteiger partial charge in [0.05, 0.1) is 12.7 Å². The van der Waals surface area contributed by atoms with Gasteiger partial charge in [-0.2, -0.15) is 0 Å². The minimum Gasteiger partial charge on any atom is -0.491 e. The Hall–Kier alpha value is -3.49. The average Bonchev–Trinajstić information content (AvgIpc) is 3.50. The number of carbonyl (C=O) groups is 2. The minimum absolute atomic E-state index is 0.0315. The molecule has 1 aromatic carbocycles. The van der Waals surface area contributed by atoms with Gasteiger partial charge in [0.1, 0.15) is 26.2 Å². The Labute approximate surface area is 195 Å². The maximum Gasteiger partial charge on any atom is 0.338 e. The lowest BCUT2D eigenvalue weighted by molar-refractivity contribution is 0.0697. The summed E-state index contributed by atoms with van der Waals surface area (Å²) >= 11 is 6.78. The van der Waals surface area contributed by atoms with E-state index in [2.05, 4.69) is 15.2 Å². The number of hydrogen-bond acceptors (Lipinski definition) is 10. The first-order valence-corrected chi connectivity index (χ1v) is 11.7. The van der Waals surface area contributed by atoms with Gasteiger partial charge in [-0.3, -0.25) is 4.79 Å². The molecule has 0 radical (unpaired) electrons. The molecule has 0 aliphatic carbocycles. The Morgan fingerprint density at radius 2 is 2.09 bits per heavy atom. The molecule has 0 bridgehead atoms. The topological polar surface area (TPSA) is 166 Å². The van der Waals surface area contributed by atoms with E-state index in [1.807, 2.05) is 0 Å². The molecule has 0 saturated heterocycles. The summed E-state index contributed by atoms with van der Waals surface area (Å²) in [5, 5.41) is 16.9. The average molecular weight is 516 g/mol. The van der Waals surface area contributed by atoms with Gasteiger partial charge in [0.15, 0.2) is 11.5 Å². The van der Waals surface area contributed by atoms with Crippen LogP contribution in [0, 0.1) is 6.92 Å². The van der Waals surface area contributed by atoms with Gasteiger partial charge in [0.2, 0.25) is 12.5 Å². The van der Waals surface area contributed by atoms with Gasteiger partial charge in [0, 0.05) is 6.07 Å². The van der Waals surface area contributed by atoms with Crippen LogP contribution in [0.3, 0.4) is 0 Å². The van der Waals surface area contributed by atoms with Crippen molar-refractivity contribution in [2.75, 3.05) is 23.9 Å². The number of ether oxygens (including phenoxy) is 3. The van der Waals surface area contributed by atoms with Crippen molar-refractivity contribution in [2.24, 2.45) is 0 Å². The monoisotopic (exact) mass is 515 g/mol. The Bertz CT molecular complexity index is 1380. The van der Waals surface area contributed by atoms with Gasteiger partial charge in [-0.15, -0.1) is 11.3 Å². The van der Waals surface area contributed by atoms with E-state index in [0.717, 1.165) is 11.3 Å². The molecule has 3 aromatic rings. The fourth-order valence-electron chi connectivity index (χ4n) is 2.94. The third-order valence-corrected chi connectivity index (χ3v) is 7.30. The van der Waals surface area contributed by atoms with E-state index in [-0.39, 0.29) is 61.7 Å². The number of aryl methyl sites for hydroxylation is 1. The molecule has 15 heteroatoms. The van der Waals surface area contributed by atoms with Crippen molar-refractivity contribution in [2.45, 2.75) is 11.8 Å². The van der Waals surface area contributed by atoms with Crippen LogP contribution in [0.25, 0.3) is 0 Å². The van der Waals surface area contributed by atoms with E-state index >= 15 is 0 Å². The molecule has 0 spiro atoms. The summed E-state index contributed by atoms with van der Waals surface area (Å²) in [6.07, 6.45) is 0. The Balaban J connectivity index is 1.70. The molecule has 174 valence electrons. The van der Waals surface area contributed by atoms with Crippen molar-refractivity contribution in [3.05, 3.63) is 38.7 Å². The van der Waals surface area contributed by atoms with E-state index in [4.69, 9.17) is 30.3 Å². The number of fused-ring (bicyclic) bond motifs is 1. The molecule has 1 aliphatic heterocycles. The molecule has 0 saturated carbocycles. The largest absolute Gasteiger partial charge is 0.491 e. The zero-order chi connectivity index (χ0) is 23.9. The summed E-state index contributed by atoms with van der Waals surface area (Å²) in [6, 6.07) is 2.37. The molecular formula is C18H14ClN3O9S2. The lowest BCUT2D eigenvalue weighted by Crippen LogP contribution is -2.20. The fraction of sp³-hybridized carbons (Fsp3) is 0.167. The summed E-state index contributed by atoms with van der Waals surface area (Å²) < 4.78 is 48.5. The van der Waals surface area contributed by atoms with Crippen molar-refractivity contribution < 1.29 is 41.8 Å². The highest BCUT2D eigenvalue weighted by Gasteiger charge is 2.31. The lowest BCUT2D eigenvalue weighted by Gasteiger charge is -2.15. The smallest absolute Gasteiger partial charge is 0.338 e. The molecule has 1 aliphatic rings. The molecule has 4 rings (SSSR count). The SMILES string of the molecule is COc1c(NC(=O)c2sccc2S(=O)(=O)Nc2onc(C)c2Cl)c(C(=O)O)cc2c1OCO2. The van der Waals surface area contributed by atoms with Crippen molar-refractivity contribution >= 4 is 56.4 Å². The highest BCUT2D eigenvalue weighted by Crippen LogP contribution is 2.48. The number of carboxylic acid groups (broad SMARTS) is 1. The van der Waals surface area contributed by atoms with E-state index in [1.54, 1.807) is 0 Å². The van der Waals surface area contributed by atoms with Gasteiger partial charge in [-0.1, -0.05) is 16.8 Å². The van der Waals surface area contributed by atoms with Crippen LogP contribution < -0.4 is 24.2 Å². The molecule has 12 nitrogen and oxygen atoms in total. The molecule has 3 N–H and O–H groups in total. The Morgan fingerprint density at radius 1 is 1.33 bits per heavy atom. The molecule has 3 heterocycles. The summed E-state index contributed by atoms with van der Waals surface area (Å²) in [5.41, 5.74) is -0.293. The number of anilines is 2. The first kappa shape index (κ1) is 22.7. The van der Waals surface area contributed by atoms with E-state index in [9.17, 15) is 23.1 Å². The Morgan fingerprint density at radius 3 is 2.73 bits per heavy atom. The summed E-state index contributed by atoms with van der Waals surface area (Å²) in [7, 11) is -3.05. The van der Waals surface area contributed by atoms with Crippen LogP contribution in [-0.2, 0) is 10.0 Å². The number of aromatic nitrogens is 1. The molecule has 33 heavy (non-hydrogen) atoms. The first-order valence-electron chi connectivity index (χ1n) is 8.91. The summed E-state index contributed by atoms with van der Waals surface area (Å²) in [5.74, 6) is -2.43. The molecule has 0 fully saturated rings. The number of aromatic carboxylic acids is 1. The number of sulfonamides is 1. The quantitative estimate of drug-likeness (QED) is 0.425. The molecule has 1 amide bonds. The highest BCUT2D eigenvalue weighted by molar-refractivity contribution is 7.93. The first-order chi connectivity index (χ1) is 15.6. The molecule has 0 unspecified atom stereocenters. The minimum atomic E-state index is -4.31. The number of hydrogen-bond donors (Lipinski definition) is 3. The number of methoxy groups -OCH3 is 1. The standard InChI is InChI=1S/C18H14ClN3O9S2/c1-7-11(19)17(31-21-7)22-33(26,27)10-3-4-32-15(10)16(23)20-12-8(18(24)25)5-9-13(14(12)28-2)30-6-29-9/h3-5,22H,6H2,1-2H3,(H,20,23)(H,24,25). The summed E-state index contributed by atoms with van der Waals surface area (Å²) in [6.45, 7) is 1.36. The van der Waals surface area contributed by atoms with E-state index < -0.39 is 21.9 Å². The summed E-state index contributed by atoms with van der Waals surface area (Å²) in [4.78, 5) is 24.2. The number of halogens is 1. The second kappa shape index (κ2) is 8.46. The molecule has 0 atom stereocenters. The van der Waals surface area contributed by atoms with Crippen molar-refractivity contribution in [3.8, 4) is 17.2 Å². The number of carbonyl (C=O) groups excluding carboxylic acids is 1. The predicted molar refractivity (Wildman–Crippen MR) is 115 cm³/mol. The van der Waals surface area contributed by atoms with Crippen LogP contribution in [0.5, 0.6) is 17.2 Å². The maximum absolute atomic E-state index is 13.0. The van der Waals surface area contributed by atoms with E-state index in [1.165, 1.54) is 31.5 Å². The maximum atomic E-state index is 13.0. The zero-order valence-electron chi connectivity index (χ0n) is 16.8. The van der Waals surface area contributed by atoms with Crippen molar-refractivity contribution in [3.63, 3.8) is 0 Å². The highest BCUT2D eigenvalue weighted by atomic mass is 35.5. The van der Waals surface area contributed by atoms with Crippen molar-refractivity contribution in [1.29, 1.82) is 0 Å². The molecular weight excluding hydrogens is 502 g/mol. The van der Waals surface area contributed by atoms with Crippen LogP contribution in [0.4, 0.5) is 11.6 Å². The normalized spacial score (nSPS) is 12.5. The van der Waals surface area contributed by atoms with Gasteiger partial charge in [-0.25, -0.2) is 17.9 Å². The van der Waals surface area contributed by atoms with Crippen LogP contribution >= 0.6 is 22.9 Å². The number of nitrogens with zero attached hydrogens (tertiary/aromatic N) is 1. The third kappa shape index (κ3) is 4.03. The van der Waals surface area contributed by atoms with Crippen LogP contribution in [-0.4, -0.2) is 44.5 Å². The van der Waals surface area contributed by atoms with Crippen LogP contribution in [0.1, 0.15) is 25.7 Å². The predicted octanol–water partition coefficient (Wildman–Crippen LogP) is 3.19. The van der Waals surface area contributed by atoms with Gasteiger partial charge in [-0.05, 0) is 18.4 Å². The lowest BCUT2D eigenvalue weighted by atomic mass is 10.1. The van der Waals surface area contributed by atoms with E-state index in [0.29, 0.717) is 0 Å². The second-order valence-corrected chi connectivity index (χ2v) is 9.40. The number of benzene rings is 1. The number of carboxylic acids is 1. The zero-order valence-corrected chi connectivity index (χ0v) is 19.2. The van der Waals surface area contributed by atoms with Gasteiger partial charge in [0.25, 0.3) is 21.8 Å². The third-order valence-electron chi connectivity index (χ3n) is 4.44. The fourth-order valence-corrected chi connectivity index (χ4v) is 5.44. The van der Waals surface area contributed by atoms with Crippen LogP contribution in [0.2, 0.25) is 5.02 Å². The molecule has 2 aromatic heterocycles. The second-order valence-electron chi connectivity index (χ2n) is 6.46. The number of thiophene rings is 1. The van der Waals surface area contributed by atoms with Gasteiger partial charge >= 0.3 is 5.97 Å². The Kier molecular flexibility index (Phi) is 5.82. The number of rotatable bonds is 7. The number of nitrogens with one attached hydrogen (secondary N) is 2. The number of amides is 1.